The summed E-state index contributed by atoms with van der Waals surface area (Å²) in [5.74, 6) is 0.507. The Balaban J connectivity index is 2.08. The largest absolute Gasteiger partial charge is 0.481 e. The van der Waals surface area contributed by atoms with Crippen LogP contribution in [-0.4, -0.2) is 12.0 Å². The lowest BCUT2D eigenvalue weighted by Gasteiger charge is -2.18. The van der Waals surface area contributed by atoms with Crippen molar-refractivity contribution in [2.45, 2.75) is 33.3 Å². The summed E-state index contributed by atoms with van der Waals surface area (Å²) in [4.78, 5) is 12.4. The number of carbonyl (C=O) groups excluding carboxylic acids is 1. The molecule has 0 saturated heterocycles. The minimum absolute atomic E-state index is 0.191. The molecule has 0 heterocycles. The van der Waals surface area contributed by atoms with E-state index >= 15 is 0 Å². The van der Waals surface area contributed by atoms with E-state index in [2.05, 4.69) is 21.2 Å². The molecule has 0 unspecified atom stereocenters. The summed E-state index contributed by atoms with van der Waals surface area (Å²) in [6, 6.07) is 11.1. The third-order valence-corrected chi connectivity index (χ3v) is 4.84. The maximum Gasteiger partial charge on any atom is 0.265 e. The molecule has 0 spiro atoms. The number of amides is 1. The van der Waals surface area contributed by atoms with Gasteiger partial charge in [-0.15, -0.1) is 0 Å². The second-order valence-electron chi connectivity index (χ2n) is 5.38. The van der Waals surface area contributed by atoms with E-state index in [4.69, 9.17) is 16.3 Å². The van der Waals surface area contributed by atoms with Crippen molar-refractivity contribution in [1.82, 2.24) is 0 Å². The Morgan fingerprint density at radius 1 is 1.22 bits per heavy atom. The van der Waals surface area contributed by atoms with Crippen molar-refractivity contribution in [3.05, 3.63) is 57.0 Å². The third kappa shape index (κ3) is 4.72. The van der Waals surface area contributed by atoms with Gasteiger partial charge in [0, 0.05) is 10.2 Å². The second kappa shape index (κ2) is 7.84. The van der Waals surface area contributed by atoms with E-state index in [0.717, 1.165) is 10.0 Å². The Labute approximate surface area is 150 Å². The molecule has 0 aromatic heterocycles. The van der Waals surface area contributed by atoms with Crippen molar-refractivity contribution in [3.8, 4) is 5.75 Å². The summed E-state index contributed by atoms with van der Waals surface area (Å²) in [5, 5.41) is 3.39. The van der Waals surface area contributed by atoms with Crippen molar-refractivity contribution < 1.29 is 9.53 Å². The van der Waals surface area contributed by atoms with Gasteiger partial charge < -0.3 is 10.1 Å². The molecule has 23 heavy (non-hydrogen) atoms. The molecule has 0 radical (unpaired) electrons. The van der Waals surface area contributed by atoms with Crippen LogP contribution in [0, 0.1) is 13.8 Å². The van der Waals surface area contributed by atoms with Crippen LogP contribution in [0.3, 0.4) is 0 Å². The Morgan fingerprint density at radius 2 is 1.96 bits per heavy atom. The monoisotopic (exact) mass is 395 g/mol. The van der Waals surface area contributed by atoms with Gasteiger partial charge in [0.15, 0.2) is 6.10 Å². The SMILES string of the molecule is CC[C@@H](Oc1ccc(C)c(C)c1)C(=O)Nc1ccc(Br)c(Cl)c1. The predicted octanol–water partition coefficient (Wildman–Crippen LogP) is 5.52. The molecule has 1 N–H and O–H groups in total. The fourth-order valence-corrected chi connectivity index (χ4v) is 2.50. The van der Waals surface area contributed by atoms with Crippen LogP contribution in [-0.2, 0) is 4.79 Å². The van der Waals surface area contributed by atoms with Crippen LogP contribution in [0.15, 0.2) is 40.9 Å². The zero-order valence-electron chi connectivity index (χ0n) is 13.3. The van der Waals surface area contributed by atoms with E-state index in [1.54, 1.807) is 18.2 Å². The predicted molar refractivity (Wildman–Crippen MR) is 98.4 cm³/mol. The molecule has 5 heteroatoms. The number of hydrogen-bond donors (Lipinski definition) is 1. The number of hydrogen-bond acceptors (Lipinski definition) is 2. The maximum atomic E-state index is 12.4. The number of ether oxygens (including phenoxy) is 1. The van der Waals surface area contributed by atoms with Crippen molar-refractivity contribution in [2.75, 3.05) is 5.32 Å². The molecule has 122 valence electrons. The van der Waals surface area contributed by atoms with E-state index in [0.29, 0.717) is 22.9 Å². The summed E-state index contributed by atoms with van der Waals surface area (Å²) < 4.78 is 6.62. The highest BCUT2D eigenvalue weighted by atomic mass is 79.9. The third-order valence-electron chi connectivity index (χ3n) is 3.61. The molecule has 2 rings (SSSR count). The summed E-state index contributed by atoms with van der Waals surface area (Å²) in [6.45, 7) is 5.98. The van der Waals surface area contributed by atoms with Crippen LogP contribution in [0.25, 0.3) is 0 Å². The quantitative estimate of drug-likeness (QED) is 0.723. The first-order chi connectivity index (χ1) is 10.9. The fourth-order valence-electron chi connectivity index (χ4n) is 2.07. The molecule has 0 saturated carbocycles. The van der Waals surface area contributed by atoms with Crippen molar-refractivity contribution in [3.63, 3.8) is 0 Å². The lowest BCUT2D eigenvalue weighted by atomic mass is 10.1. The molecule has 0 bridgehead atoms. The molecule has 0 fully saturated rings. The van der Waals surface area contributed by atoms with Gasteiger partial charge in [0.2, 0.25) is 0 Å². The summed E-state index contributed by atoms with van der Waals surface area (Å²) >= 11 is 9.37. The Hall–Kier alpha value is -1.52. The first-order valence-electron chi connectivity index (χ1n) is 7.40. The van der Waals surface area contributed by atoms with Gasteiger partial charge >= 0.3 is 0 Å². The summed E-state index contributed by atoms with van der Waals surface area (Å²) in [7, 11) is 0. The first kappa shape index (κ1) is 17.8. The zero-order valence-corrected chi connectivity index (χ0v) is 15.7. The van der Waals surface area contributed by atoms with E-state index < -0.39 is 6.10 Å². The van der Waals surface area contributed by atoms with Gasteiger partial charge in [-0.05, 0) is 77.7 Å². The minimum atomic E-state index is -0.556. The van der Waals surface area contributed by atoms with E-state index in [1.165, 1.54) is 5.56 Å². The normalized spacial score (nSPS) is 11.9. The van der Waals surface area contributed by atoms with E-state index in [9.17, 15) is 4.79 Å². The minimum Gasteiger partial charge on any atom is -0.481 e. The molecule has 0 aliphatic carbocycles. The van der Waals surface area contributed by atoms with Gasteiger partial charge in [0.25, 0.3) is 5.91 Å². The van der Waals surface area contributed by atoms with Crippen LogP contribution in [0.2, 0.25) is 5.02 Å². The van der Waals surface area contributed by atoms with Gasteiger partial charge in [0.1, 0.15) is 5.75 Å². The van der Waals surface area contributed by atoms with Crippen LogP contribution in [0.1, 0.15) is 24.5 Å². The first-order valence-corrected chi connectivity index (χ1v) is 8.57. The maximum absolute atomic E-state index is 12.4. The smallest absolute Gasteiger partial charge is 0.265 e. The Kier molecular flexibility index (Phi) is 6.08. The number of halogens is 2. The molecule has 2 aromatic rings. The summed E-state index contributed by atoms with van der Waals surface area (Å²) in [5.41, 5.74) is 2.97. The van der Waals surface area contributed by atoms with Gasteiger partial charge in [-0.1, -0.05) is 24.6 Å². The molecule has 1 atom stereocenters. The highest BCUT2D eigenvalue weighted by Crippen LogP contribution is 2.26. The molecule has 3 nitrogen and oxygen atoms in total. The van der Waals surface area contributed by atoms with Gasteiger partial charge in [0.05, 0.1) is 5.02 Å². The standard InChI is InChI=1S/C18H19BrClNO2/c1-4-17(23-14-7-5-11(2)12(3)9-14)18(22)21-13-6-8-15(19)16(20)10-13/h5-10,17H,4H2,1-3H3,(H,21,22)/t17-/m1/s1. The van der Waals surface area contributed by atoms with Crippen molar-refractivity contribution in [1.29, 1.82) is 0 Å². The molecular formula is C18H19BrClNO2. The fraction of sp³-hybridized carbons (Fsp3) is 0.278. The van der Waals surface area contributed by atoms with Gasteiger partial charge in [-0.3, -0.25) is 4.79 Å². The van der Waals surface area contributed by atoms with Gasteiger partial charge in [-0.2, -0.15) is 0 Å². The van der Waals surface area contributed by atoms with Crippen LogP contribution in [0.5, 0.6) is 5.75 Å². The number of nitrogens with one attached hydrogen (secondary N) is 1. The summed E-state index contributed by atoms with van der Waals surface area (Å²) in [6.07, 6.45) is 0.0164. The molecule has 2 aromatic carbocycles. The lowest BCUT2D eigenvalue weighted by molar-refractivity contribution is -0.122. The highest BCUT2D eigenvalue weighted by molar-refractivity contribution is 9.10. The van der Waals surface area contributed by atoms with Crippen molar-refractivity contribution in [2.24, 2.45) is 0 Å². The van der Waals surface area contributed by atoms with E-state index in [-0.39, 0.29) is 5.91 Å². The topological polar surface area (TPSA) is 38.3 Å². The Bertz CT molecular complexity index is 718. The molecular weight excluding hydrogens is 378 g/mol. The van der Waals surface area contributed by atoms with Crippen LogP contribution in [0.4, 0.5) is 5.69 Å². The zero-order chi connectivity index (χ0) is 17.0. The average Bonchev–Trinajstić information content (AvgIpc) is 2.52. The molecule has 0 aliphatic rings. The number of rotatable bonds is 5. The lowest BCUT2D eigenvalue weighted by Crippen LogP contribution is -2.32. The number of anilines is 1. The van der Waals surface area contributed by atoms with Crippen molar-refractivity contribution >= 4 is 39.1 Å². The second-order valence-corrected chi connectivity index (χ2v) is 6.64. The molecule has 1 amide bonds. The van der Waals surface area contributed by atoms with E-state index in [1.807, 2.05) is 39.0 Å². The average molecular weight is 397 g/mol. The van der Waals surface area contributed by atoms with Gasteiger partial charge in [-0.25, -0.2) is 0 Å². The number of aryl methyl sites for hydroxylation is 2. The Morgan fingerprint density at radius 3 is 2.57 bits per heavy atom. The number of benzene rings is 2. The van der Waals surface area contributed by atoms with Crippen LogP contribution < -0.4 is 10.1 Å². The van der Waals surface area contributed by atoms with Crippen LogP contribution >= 0.6 is 27.5 Å². The highest BCUT2D eigenvalue weighted by Gasteiger charge is 2.19. The number of carbonyl (C=O) groups is 1. The molecule has 0 aliphatic heterocycles.